The Balaban J connectivity index is 1.90. The first-order chi connectivity index (χ1) is 8.15. The van der Waals surface area contributed by atoms with E-state index in [2.05, 4.69) is 4.98 Å². The van der Waals surface area contributed by atoms with E-state index in [0.29, 0.717) is 5.02 Å². The van der Waals surface area contributed by atoms with Crippen molar-refractivity contribution < 1.29 is 4.42 Å². The van der Waals surface area contributed by atoms with Crippen LogP contribution < -0.4 is 5.73 Å². The molecule has 0 radical (unpaired) electrons. The lowest BCUT2D eigenvalue weighted by Crippen LogP contribution is -2.38. The van der Waals surface area contributed by atoms with Gasteiger partial charge in [-0.15, -0.1) is 0 Å². The fourth-order valence-corrected chi connectivity index (χ4v) is 2.74. The number of nitrogens with zero attached hydrogens (tertiary/aromatic N) is 1. The number of hydrogen-bond donors (Lipinski definition) is 1. The van der Waals surface area contributed by atoms with Crippen LogP contribution in [0.15, 0.2) is 22.6 Å². The number of nitrogens with two attached hydrogens (primary N) is 1. The number of halogens is 1. The molecule has 2 aromatic rings. The zero-order valence-corrected chi connectivity index (χ0v) is 10.3. The van der Waals surface area contributed by atoms with Crippen LogP contribution in [0.4, 0.5) is 0 Å². The molecule has 90 valence electrons. The molecule has 17 heavy (non-hydrogen) atoms. The summed E-state index contributed by atoms with van der Waals surface area (Å²) in [6.07, 6.45) is 5.27. The van der Waals surface area contributed by atoms with Gasteiger partial charge in [-0.2, -0.15) is 0 Å². The predicted octanol–water partition coefficient (Wildman–Crippen LogP) is 3.30. The number of oxazole rings is 1. The van der Waals surface area contributed by atoms with Crippen LogP contribution in [0.25, 0.3) is 11.1 Å². The second-order valence-corrected chi connectivity index (χ2v) is 5.40. The van der Waals surface area contributed by atoms with Crippen molar-refractivity contribution in [2.24, 2.45) is 5.73 Å². The van der Waals surface area contributed by atoms with Crippen LogP contribution in [-0.2, 0) is 6.42 Å². The maximum Gasteiger partial charge on any atom is 0.197 e. The molecule has 3 rings (SSSR count). The fourth-order valence-electron chi connectivity index (χ4n) is 2.58. The predicted molar refractivity (Wildman–Crippen MR) is 68.1 cm³/mol. The van der Waals surface area contributed by atoms with Gasteiger partial charge in [0.2, 0.25) is 0 Å². The molecule has 1 fully saturated rings. The van der Waals surface area contributed by atoms with Gasteiger partial charge in [-0.05, 0) is 25.0 Å². The summed E-state index contributed by atoms with van der Waals surface area (Å²) >= 11 is 5.91. The minimum atomic E-state index is -0.120. The van der Waals surface area contributed by atoms with Crippen LogP contribution in [0.1, 0.15) is 31.6 Å². The fraction of sp³-hybridized carbons (Fsp3) is 0.462. The highest BCUT2D eigenvalue weighted by molar-refractivity contribution is 6.31. The Kier molecular flexibility index (Phi) is 2.60. The lowest BCUT2D eigenvalue weighted by Gasteiger charge is -2.20. The summed E-state index contributed by atoms with van der Waals surface area (Å²) in [6.45, 7) is 0. The van der Waals surface area contributed by atoms with Gasteiger partial charge in [0.15, 0.2) is 11.5 Å². The first kappa shape index (κ1) is 11.1. The minimum Gasteiger partial charge on any atom is -0.441 e. The molecule has 0 unspecified atom stereocenters. The van der Waals surface area contributed by atoms with E-state index >= 15 is 0 Å². The molecule has 3 nitrogen and oxygen atoms in total. The number of hydrogen-bond acceptors (Lipinski definition) is 3. The highest BCUT2D eigenvalue weighted by Gasteiger charge is 2.31. The van der Waals surface area contributed by atoms with Gasteiger partial charge in [0, 0.05) is 23.0 Å². The van der Waals surface area contributed by atoms with Crippen LogP contribution >= 0.6 is 11.6 Å². The van der Waals surface area contributed by atoms with Gasteiger partial charge in [-0.25, -0.2) is 4.98 Å². The first-order valence-corrected chi connectivity index (χ1v) is 6.36. The van der Waals surface area contributed by atoms with Crippen molar-refractivity contribution in [3.63, 3.8) is 0 Å². The smallest absolute Gasteiger partial charge is 0.197 e. The molecule has 4 heteroatoms. The maximum absolute atomic E-state index is 6.32. The third kappa shape index (κ3) is 2.17. The van der Waals surface area contributed by atoms with E-state index in [4.69, 9.17) is 21.8 Å². The Morgan fingerprint density at radius 2 is 2.12 bits per heavy atom. The Bertz CT molecular complexity index is 543. The molecule has 1 aromatic heterocycles. The average Bonchev–Trinajstić information content (AvgIpc) is 2.84. The SMILES string of the molecule is NC1(Cc2nc3ccc(Cl)cc3o2)CCCC1. The van der Waals surface area contributed by atoms with Crippen LogP contribution in [0.3, 0.4) is 0 Å². The van der Waals surface area contributed by atoms with Crippen molar-refractivity contribution >= 4 is 22.7 Å². The second kappa shape index (κ2) is 4.00. The summed E-state index contributed by atoms with van der Waals surface area (Å²) in [5.74, 6) is 0.728. The summed E-state index contributed by atoms with van der Waals surface area (Å²) in [5, 5.41) is 0.670. The van der Waals surface area contributed by atoms with E-state index in [-0.39, 0.29) is 5.54 Å². The van der Waals surface area contributed by atoms with E-state index in [0.717, 1.165) is 36.3 Å². The van der Waals surface area contributed by atoms with E-state index in [1.165, 1.54) is 12.8 Å². The van der Waals surface area contributed by atoms with Crippen LogP contribution in [0, 0.1) is 0 Å². The van der Waals surface area contributed by atoms with Crippen LogP contribution in [-0.4, -0.2) is 10.5 Å². The molecule has 0 atom stereocenters. The highest BCUT2D eigenvalue weighted by Crippen LogP contribution is 2.31. The standard InChI is InChI=1S/C13H15ClN2O/c14-9-3-4-10-11(7-9)17-12(16-10)8-13(15)5-1-2-6-13/h3-4,7H,1-2,5-6,8,15H2. The van der Waals surface area contributed by atoms with Crippen molar-refractivity contribution in [2.75, 3.05) is 0 Å². The highest BCUT2D eigenvalue weighted by atomic mass is 35.5. The van der Waals surface area contributed by atoms with Gasteiger partial charge in [-0.3, -0.25) is 0 Å². The first-order valence-electron chi connectivity index (χ1n) is 5.99. The van der Waals surface area contributed by atoms with Crippen molar-refractivity contribution in [2.45, 2.75) is 37.6 Å². The zero-order chi connectivity index (χ0) is 11.9. The summed E-state index contributed by atoms with van der Waals surface area (Å²) in [6, 6.07) is 5.50. The summed E-state index contributed by atoms with van der Waals surface area (Å²) < 4.78 is 5.70. The van der Waals surface area contributed by atoms with E-state index < -0.39 is 0 Å². The quantitative estimate of drug-likeness (QED) is 0.890. The zero-order valence-electron chi connectivity index (χ0n) is 9.58. The molecule has 0 saturated heterocycles. The van der Waals surface area contributed by atoms with Crippen molar-refractivity contribution in [1.82, 2.24) is 4.98 Å². The lowest BCUT2D eigenvalue weighted by molar-refractivity contribution is 0.385. The topological polar surface area (TPSA) is 52.0 Å². The monoisotopic (exact) mass is 250 g/mol. The molecular formula is C13H15ClN2O. The number of aromatic nitrogens is 1. The van der Waals surface area contributed by atoms with Gasteiger partial charge in [0.05, 0.1) is 0 Å². The molecule has 1 aliphatic rings. The van der Waals surface area contributed by atoms with Crippen molar-refractivity contribution in [3.8, 4) is 0 Å². The molecule has 0 spiro atoms. The number of benzene rings is 1. The molecule has 1 heterocycles. The Morgan fingerprint density at radius 1 is 1.35 bits per heavy atom. The third-order valence-electron chi connectivity index (χ3n) is 3.50. The van der Waals surface area contributed by atoms with Gasteiger partial charge in [0.25, 0.3) is 0 Å². The largest absolute Gasteiger partial charge is 0.441 e. The number of fused-ring (bicyclic) bond motifs is 1. The lowest BCUT2D eigenvalue weighted by atomic mass is 9.95. The minimum absolute atomic E-state index is 0.120. The van der Waals surface area contributed by atoms with Gasteiger partial charge in [-0.1, -0.05) is 24.4 Å². The normalized spacial score (nSPS) is 18.9. The Morgan fingerprint density at radius 3 is 2.88 bits per heavy atom. The second-order valence-electron chi connectivity index (χ2n) is 4.97. The Hall–Kier alpha value is -1.06. The molecule has 0 bridgehead atoms. The third-order valence-corrected chi connectivity index (χ3v) is 3.73. The van der Waals surface area contributed by atoms with Gasteiger partial charge >= 0.3 is 0 Å². The van der Waals surface area contributed by atoms with Crippen molar-refractivity contribution in [3.05, 3.63) is 29.1 Å². The van der Waals surface area contributed by atoms with Crippen LogP contribution in [0.2, 0.25) is 5.02 Å². The molecule has 1 aromatic carbocycles. The molecule has 0 aliphatic heterocycles. The van der Waals surface area contributed by atoms with E-state index in [1.54, 1.807) is 6.07 Å². The molecular weight excluding hydrogens is 236 g/mol. The van der Waals surface area contributed by atoms with Crippen molar-refractivity contribution in [1.29, 1.82) is 0 Å². The summed E-state index contributed by atoms with van der Waals surface area (Å²) in [4.78, 5) is 4.46. The Labute approximate surface area is 105 Å². The van der Waals surface area contributed by atoms with E-state index in [9.17, 15) is 0 Å². The van der Waals surface area contributed by atoms with Crippen LogP contribution in [0.5, 0.6) is 0 Å². The average molecular weight is 251 g/mol. The molecule has 2 N–H and O–H groups in total. The van der Waals surface area contributed by atoms with E-state index in [1.807, 2.05) is 12.1 Å². The molecule has 1 saturated carbocycles. The van der Waals surface area contributed by atoms with Gasteiger partial charge in [0.1, 0.15) is 5.52 Å². The maximum atomic E-state index is 6.32. The number of rotatable bonds is 2. The summed E-state index contributed by atoms with van der Waals surface area (Å²) in [7, 11) is 0. The summed E-state index contributed by atoms with van der Waals surface area (Å²) in [5.41, 5.74) is 7.79. The van der Waals surface area contributed by atoms with Gasteiger partial charge < -0.3 is 10.2 Å². The molecule has 1 aliphatic carbocycles. The molecule has 0 amide bonds.